The van der Waals surface area contributed by atoms with Crippen molar-refractivity contribution in [2.75, 3.05) is 0 Å². The Kier molecular flexibility index (Phi) is 3.18. The van der Waals surface area contributed by atoms with E-state index in [0.717, 1.165) is 25.0 Å². The second-order valence-corrected chi connectivity index (χ2v) is 4.90. The van der Waals surface area contributed by atoms with Crippen molar-refractivity contribution in [2.24, 2.45) is 5.92 Å². The predicted octanol–water partition coefficient (Wildman–Crippen LogP) is 1.51. The molecule has 1 aliphatic rings. The molecule has 2 rings (SSSR count). The minimum atomic E-state index is -1.39. The number of carbonyl (C=O) groups excluding carboxylic acids is 1. The number of carboxylic acid groups (broad SMARTS) is 1. The van der Waals surface area contributed by atoms with E-state index in [0.29, 0.717) is 0 Å². The number of phenolic OH excluding ortho intramolecular Hbond substituents is 1. The maximum Gasteiger partial charge on any atom is 0.329 e. The number of aliphatic carboxylic acids is 1. The van der Waals surface area contributed by atoms with E-state index < -0.39 is 23.2 Å². The average molecular weight is 267 g/mol. The number of aromatic hydroxyl groups is 1. The van der Waals surface area contributed by atoms with E-state index in [2.05, 4.69) is 5.32 Å². The molecule has 1 aromatic carbocycles. The predicted molar refractivity (Wildman–Crippen MR) is 64.3 cm³/mol. The van der Waals surface area contributed by atoms with Crippen molar-refractivity contribution in [1.82, 2.24) is 5.32 Å². The first kappa shape index (κ1) is 13.3. The molecule has 1 saturated carbocycles. The van der Waals surface area contributed by atoms with Crippen LogP contribution in [0.5, 0.6) is 5.75 Å². The molecule has 0 heterocycles. The third-order valence-corrected chi connectivity index (χ3v) is 3.41. The molecule has 3 N–H and O–H groups in total. The molecule has 1 aliphatic carbocycles. The van der Waals surface area contributed by atoms with Gasteiger partial charge < -0.3 is 15.5 Å². The number of hydrogen-bond donors (Lipinski definition) is 3. The summed E-state index contributed by atoms with van der Waals surface area (Å²) < 4.78 is 13.5. The first-order valence-electron chi connectivity index (χ1n) is 5.89. The number of carboxylic acids is 1. The molecule has 1 unspecified atom stereocenters. The second kappa shape index (κ2) is 4.53. The third-order valence-electron chi connectivity index (χ3n) is 3.41. The quantitative estimate of drug-likeness (QED) is 0.771. The first-order valence-corrected chi connectivity index (χ1v) is 5.89. The van der Waals surface area contributed by atoms with Gasteiger partial charge in [0.2, 0.25) is 0 Å². The van der Waals surface area contributed by atoms with Crippen LogP contribution in [0.25, 0.3) is 0 Å². The van der Waals surface area contributed by atoms with Gasteiger partial charge in [0.25, 0.3) is 5.91 Å². The molecule has 0 spiro atoms. The Morgan fingerprint density at radius 2 is 2.05 bits per heavy atom. The summed E-state index contributed by atoms with van der Waals surface area (Å²) in [6, 6.07) is 3.10. The summed E-state index contributed by atoms with van der Waals surface area (Å²) in [5, 5.41) is 20.6. The van der Waals surface area contributed by atoms with Crippen LogP contribution in [0.4, 0.5) is 4.39 Å². The van der Waals surface area contributed by atoms with Gasteiger partial charge in [-0.25, -0.2) is 9.18 Å². The van der Waals surface area contributed by atoms with Crippen molar-refractivity contribution in [3.63, 3.8) is 0 Å². The summed E-state index contributed by atoms with van der Waals surface area (Å²) in [4.78, 5) is 23.2. The fraction of sp³-hybridized carbons (Fsp3) is 0.385. The number of nitrogens with one attached hydrogen (secondary N) is 1. The summed E-state index contributed by atoms with van der Waals surface area (Å²) in [6.45, 7) is 1.42. The van der Waals surface area contributed by atoms with Gasteiger partial charge in [-0.3, -0.25) is 4.79 Å². The minimum absolute atomic E-state index is 0.130. The molecule has 0 aromatic heterocycles. The van der Waals surface area contributed by atoms with Gasteiger partial charge in [-0.2, -0.15) is 0 Å². The Hall–Kier alpha value is -2.11. The zero-order valence-electron chi connectivity index (χ0n) is 10.3. The van der Waals surface area contributed by atoms with Crippen LogP contribution >= 0.6 is 0 Å². The van der Waals surface area contributed by atoms with Gasteiger partial charge >= 0.3 is 5.97 Å². The Morgan fingerprint density at radius 3 is 2.53 bits per heavy atom. The molecule has 6 heteroatoms. The lowest BCUT2D eigenvalue weighted by Gasteiger charge is -2.26. The van der Waals surface area contributed by atoms with Crippen molar-refractivity contribution >= 4 is 11.9 Å². The van der Waals surface area contributed by atoms with Gasteiger partial charge in [0.1, 0.15) is 17.1 Å². The molecule has 1 atom stereocenters. The molecule has 5 nitrogen and oxygen atoms in total. The normalized spacial score (nSPS) is 17.6. The summed E-state index contributed by atoms with van der Waals surface area (Å²) in [7, 11) is 0. The van der Waals surface area contributed by atoms with Crippen LogP contribution < -0.4 is 5.32 Å². The summed E-state index contributed by atoms with van der Waals surface area (Å²) in [5.41, 5.74) is -1.67. The lowest BCUT2D eigenvalue weighted by molar-refractivity contribution is -0.144. The highest BCUT2D eigenvalue weighted by Gasteiger charge is 2.48. The molecular formula is C13H14FNO4. The Morgan fingerprint density at radius 1 is 1.42 bits per heavy atom. The molecule has 0 bridgehead atoms. The summed E-state index contributed by atoms with van der Waals surface area (Å²) in [5.74, 6) is -3.25. The molecule has 0 radical (unpaired) electrons. The SMILES string of the molecule is CC(NC(=O)c1ccc(O)cc1F)(C(=O)O)C1CC1. The fourth-order valence-corrected chi connectivity index (χ4v) is 1.98. The van der Waals surface area contributed by atoms with Crippen molar-refractivity contribution in [1.29, 1.82) is 0 Å². The fourth-order valence-electron chi connectivity index (χ4n) is 1.98. The Balaban J connectivity index is 2.22. The minimum Gasteiger partial charge on any atom is -0.508 e. The number of amides is 1. The molecule has 1 amide bonds. The zero-order chi connectivity index (χ0) is 14.2. The topological polar surface area (TPSA) is 86.6 Å². The molecule has 1 fully saturated rings. The number of hydrogen-bond acceptors (Lipinski definition) is 3. The maximum atomic E-state index is 13.5. The van der Waals surface area contributed by atoms with E-state index in [-0.39, 0.29) is 17.2 Å². The van der Waals surface area contributed by atoms with Crippen molar-refractivity contribution < 1.29 is 24.2 Å². The van der Waals surface area contributed by atoms with E-state index in [1.807, 2.05) is 0 Å². The lowest BCUT2D eigenvalue weighted by atomic mass is 9.95. The third kappa shape index (κ3) is 2.52. The molecular weight excluding hydrogens is 253 g/mol. The van der Waals surface area contributed by atoms with Crippen LogP contribution in [0.2, 0.25) is 0 Å². The highest BCUT2D eigenvalue weighted by molar-refractivity contribution is 5.98. The smallest absolute Gasteiger partial charge is 0.329 e. The summed E-state index contributed by atoms with van der Waals surface area (Å²) in [6.07, 6.45) is 1.45. The Labute approximate surface area is 109 Å². The monoisotopic (exact) mass is 267 g/mol. The van der Waals surface area contributed by atoms with E-state index >= 15 is 0 Å². The lowest BCUT2D eigenvalue weighted by Crippen LogP contribution is -2.54. The number of carbonyl (C=O) groups is 2. The van der Waals surface area contributed by atoms with E-state index in [1.165, 1.54) is 13.0 Å². The van der Waals surface area contributed by atoms with Gasteiger partial charge in [0.05, 0.1) is 5.56 Å². The largest absolute Gasteiger partial charge is 0.508 e. The molecule has 1 aromatic rings. The van der Waals surface area contributed by atoms with Crippen molar-refractivity contribution in [3.8, 4) is 5.75 Å². The van der Waals surface area contributed by atoms with Crippen LogP contribution in [0.1, 0.15) is 30.1 Å². The molecule has 0 aliphatic heterocycles. The molecule has 0 saturated heterocycles. The summed E-state index contributed by atoms with van der Waals surface area (Å²) >= 11 is 0. The van der Waals surface area contributed by atoms with Crippen LogP contribution in [0.3, 0.4) is 0 Å². The van der Waals surface area contributed by atoms with Crippen LogP contribution in [0, 0.1) is 11.7 Å². The van der Waals surface area contributed by atoms with Gasteiger partial charge in [0.15, 0.2) is 0 Å². The van der Waals surface area contributed by atoms with E-state index in [4.69, 9.17) is 5.11 Å². The van der Waals surface area contributed by atoms with Gasteiger partial charge in [-0.05, 0) is 37.8 Å². The first-order chi connectivity index (χ1) is 8.84. The highest BCUT2D eigenvalue weighted by atomic mass is 19.1. The van der Waals surface area contributed by atoms with Crippen LogP contribution in [-0.4, -0.2) is 27.6 Å². The average Bonchev–Trinajstić information content (AvgIpc) is 3.11. The van der Waals surface area contributed by atoms with Crippen LogP contribution in [-0.2, 0) is 4.79 Å². The number of phenols is 1. The van der Waals surface area contributed by atoms with Crippen molar-refractivity contribution in [2.45, 2.75) is 25.3 Å². The zero-order valence-corrected chi connectivity index (χ0v) is 10.3. The van der Waals surface area contributed by atoms with Gasteiger partial charge in [-0.1, -0.05) is 0 Å². The van der Waals surface area contributed by atoms with E-state index in [1.54, 1.807) is 0 Å². The molecule has 19 heavy (non-hydrogen) atoms. The Bertz CT molecular complexity index is 541. The van der Waals surface area contributed by atoms with Crippen LogP contribution in [0.15, 0.2) is 18.2 Å². The number of rotatable bonds is 4. The van der Waals surface area contributed by atoms with Gasteiger partial charge in [0, 0.05) is 6.07 Å². The standard InChI is InChI=1S/C13H14FNO4/c1-13(12(18)19,7-2-3-7)15-11(17)9-5-4-8(16)6-10(9)14/h4-7,16H,2-3H2,1H3,(H,15,17)(H,18,19). The number of halogens is 1. The molecule has 102 valence electrons. The van der Waals surface area contributed by atoms with E-state index in [9.17, 15) is 19.1 Å². The second-order valence-electron chi connectivity index (χ2n) is 4.90. The maximum absolute atomic E-state index is 13.5. The van der Waals surface area contributed by atoms with Gasteiger partial charge in [-0.15, -0.1) is 0 Å². The number of benzene rings is 1. The highest BCUT2D eigenvalue weighted by Crippen LogP contribution is 2.39. The van der Waals surface area contributed by atoms with Crippen molar-refractivity contribution in [3.05, 3.63) is 29.6 Å².